The molecule has 1 aromatic carbocycles. The zero-order chi connectivity index (χ0) is 11.3. The molecule has 0 spiro atoms. The second-order valence-electron chi connectivity index (χ2n) is 2.86. The van der Waals surface area contributed by atoms with Gasteiger partial charge in [-0.15, -0.1) is 6.42 Å². The van der Waals surface area contributed by atoms with Gasteiger partial charge in [-0.25, -0.2) is 4.39 Å². The molecule has 0 saturated heterocycles. The SMILES string of the molecule is C#CCNCC(=O)c1ccc(Cl)cc1F. The molecule has 0 aromatic heterocycles. The van der Waals surface area contributed by atoms with Crippen LogP contribution in [0, 0.1) is 18.2 Å². The average molecular weight is 226 g/mol. The van der Waals surface area contributed by atoms with E-state index in [2.05, 4.69) is 11.2 Å². The first-order chi connectivity index (χ1) is 7.15. The van der Waals surface area contributed by atoms with Gasteiger partial charge in [0, 0.05) is 5.02 Å². The van der Waals surface area contributed by atoms with Crippen LogP contribution in [0.1, 0.15) is 10.4 Å². The Balaban J connectivity index is 2.70. The molecule has 0 aliphatic heterocycles. The summed E-state index contributed by atoms with van der Waals surface area (Å²) in [5, 5.41) is 2.95. The number of ketones is 1. The molecule has 0 unspecified atom stereocenters. The lowest BCUT2D eigenvalue weighted by atomic mass is 10.1. The predicted octanol–water partition coefficient (Wildman–Crippen LogP) is 1.88. The lowest BCUT2D eigenvalue weighted by Gasteiger charge is -2.02. The van der Waals surface area contributed by atoms with Crippen molar-refractivity contribution in [2.24, 2.45) is 0 Å². The summed E-state index contributed by atoms with van der Waals surface area (Å²) in [5.41, 5.74) is 0.0175. The Hall–Kier alpha value is -1.37. The maximum atomic E-state index is 13.2. The van der Waals surface area contributed by atoms with Gasteiger partial charge in [0.15, 0.2) is 5.78 Å². The van der Waals surface area contributed by atoms with Crippen molar-refractivity contribution in [3.63, 3.8) is 0 Å². The Morgan fingerprint density at radius 3 is 2.93 bits per heavy atom. The normalized spacial score (nSPS) is 9.67. The summed E-state index contributed by atoms with van der Waals surface area (Å²) in [6.07, 6.45) is 4.99. The summed E-state index contributed by atoms with van der Waals surface area (Å²) in [5.74, 6) is 1.36. The second-order valence-corrected chi connectivity index (χ2v) is 3.29. The van der Waals surface area contributed by atoms with E-state index in [1.165, 1.54) is 12.1 Å². The number of carbonyl (C=O) groups is 1. The molecule has 1 rings (SSSR count). The minimum absolute atomic E-state index is 0.0166. The minimum Gasteiger partial charge on any atom is -0.299 e. The van der Waals surface area contributed by atoms with E-state index in [1.807, 2.05) is 0 Å². The Kier molecular flexibility index (Phi) is 4.29. The maximum Gasteiger partial charge on any atom is 0.179 e. The fourth-order valence-corrected chi connectivity index (χ4v) is 1.22. The maximum absolute atomic E-state index is 13.2. The van der Waals surface area contributed by atoms with Gasteiger partial charge in [0.05, 0.1) is 18.7 Å². The van der Waals surface area contributed by atoms with E-state index < -0.39 is 5.82 Å². The van der Waals surface area contributed by atoms with Gasteiger partial charge in [-0.1, -0.05) is 17.5 Å². The number of carbonyl (C=O) groups excluding carboxylic acids is 1. The van der Waals surface area contributed by atoms with Gasteiger partial charge < -0.3 is 0 Å². The number of Topliss-reactive ketones (excluding diaryl/α,β-unsaturated/α-hetero) is 1. The molecule has 0 aliphatic rings. The van der Waals surface area contributed by atoms with E-state index in [-0.39, 0.29) is 29.5 Å². The molecular weight excluding hydrogens is 217 g/mol. The molecule has 0 aliphatic carbocycles. The highest BCUT2D eigenvalue weighted by atomic mass is 35.5. The molecule has 0 atom stereocenters. The monoisotopic (exact) mass is 225 g/mol. The average Bonchev–Trinajstić information content (AvgIpc) is 2.17. The first kappa shape index (κ1) is 11.7. The summed E-state index contributed by atoms with van der Waals surface area (Å²) in [7, 11) is 0. The number of terminal acetylenes is 1. The fraction of sp³-hybridized carbons (Fsp3) is 0.182. The number of nitrogens with one attached hydrogen (secondary N) is 1. The van der Waals surface area contributed by atoms with Crippen LogP contribution in [-0.2, 0) is 0 Å². The zero-order valence-corrected chi connectivity index (χ0v) is 8.64. The fourth-order valence-electron chi connectivity index (χ4n) is 1.06. The molecule has 0 radical (unpaired) electrons. The van der Waals surface area contributed by atoms with Gasteiger partial charge in [-0.05, 0) is 18.2 Å². The van der Waals surface area contributed by atoms with Gasteiger partial charge in [0.1, 0.15) is 5.82 Å². The molecule has 0 bridgehead atoms. The molecular formula is C11H9ClFNO. The smallest absolute Gasteiger partial charge is 0.179 e. The molecule has 78 valence electrons. The molecule has 1 N–H and O–H groups in total. The zero-order valence-electron chi connectivity index (χ0n) is 7.89. The van der Waals surface area contributed by atoms with Crippen LogP contribution in [0.3, 0.4) is 0 Å². The lowest BCUT2D eigenvalue weighted by molar-refractivity contribution is 0.0988. The molecule has 0 fully saturated rings. The number of rotatable bonds is 4. The highest BCUT2D eigenvalue weighted by Crippen LogP contribution is 2.14. The summed E-state index contributed by atoms with van der Waals surface area (Å²) in [4.78, 5) is 11.4. The quantitative estimate of drug-likeness (QED) is 0.482. The van der Waals surface area contributed by atoms with E-state index in [9.17, 15) is 9.18 Å². The third kappa shape index (κ3) is 3.35. The van der Waals surface area contributed by atoms with Crippen LogP contribution in [0.15, 0.2) is 18.2 Å². The third-order valence-corrected chi connectivity index (χ3v) is 1.98. The van der Waals surface area contributed by atoms with E-state index in [4.69, 9.17) is 18.0 Å². The molecule has 1 aromatic rings. The van der Waals surface area contributed by atoms with Crippen molar-refractivity contribution in [3.05, 3.63) is 34.6 Å². The number of halogens is 2. The van der Waals surface area contributed by atoms with E-state index in [0.29, 0.717) is 0 Å². The lowest BCUT2D eigenvalue weighted by Crippen LogP contribution is -2.23. The Morgan fingerprint density at radius 1 is 1.60 bits per heavy atom. The van der Waals surface area contributed by atoms with Crippen LogP contribution in [0.2, 0.25) is 5.02 Å². The van der Waals surface area contributed by atoms with E-state index in [1.54, 1.807) is 0 Å². The van der Waals surface area contributed by atoms with Gasteiger partial charge >= 0.3 is 0 Å². The summed E-state index contributed by atoms with van der Waals surface area (Å²) >= 11 is 5.55. The Morgan fingerprint density at radius 2 is 2.33 bits per heavy atom. The molecule has 0 heterocycles. The molecule has 0 amide bonds. The topological polar surface area (TPSA) is 29.1 Å². The molecule has 2 nitrogen and oxygen atoms in total. The van der Waals surface area contributed by atoms with Crippen LogP contribution in [0.25, 0.3) is 0 Å². The van der Waals surface area contributed by atoms with E-state index in [0.717, 1.165) is 6.07 Å². The van der Waals surface area contributed by atoms with Gasteiger partial charge in [-0.2, -0.15) is 0 Å². The van der Waals surface area contributed by atoms with Crippen molar-refractivity contribution in [2.75, 3.05) is 13.1 Å². The van der Waals surface area contributed by atoms with Crippen molar-refractivity contribution < 1.29 is 9.18 Å². The minimum atomic E-state index is -0.616. The standard InChI is InChI=1S/C11H9ClFNO/c1-2-5-14-7-11(15)9-4-3-8(12)6-10(9)13/h1,3-4,6,14H,5,7H2. The molecule has 4 heteroatoms. The Labute approximate surface area is 92.4 Å². The van der Waals surface area contributed by atoms with Crippen molar-refractivity contribution >= 4 is 17.4 Å². The summed E-state index contributed by atoms with van der Waals surface area (Å²) in [6.45, 7) is 0.295. The van der Waals surface area contributed by atoms with Crippen LogP contribution in [-0.4, -0.2) is 18.9 Å². The highest BCUT2D eigenvalue weighted by Gasteiger charge is 2.10. The third-order valence-electron chi connectivity index (χ3n) is 1.74. The predicted molar refractivity (Wildman–Crippen MR) is 57.4 cm³/mol. The van der Waals surface area contributed by atoms with Crippen LogP contribution < -0.4 is 5.32 Å². The van der Waals surface area contributed by atoms with Gasteiger partial charge in [0.2, 0.25) is 0 Å². The summed E-state index contributed by atoms with van der Waals surface area (Å²) < 4.78 is 13.2. The largest absolute Gasteiger partial charge is 0.299 e. The molecule has 15 heavy (non-hydrogen) atoms. The van der Waals surface area contributed by atoms with Crippen LogP contribution >= 0.6 is 11.6 Å². The number of benzene rings is 1. The Bertz CT molecular complexity index is 412. The van der Waals surface area contributed by atoms with E-state index >= 15 is 0 Å². The van der Waals surface area contributed by atoms with Crippen LogP contribution in [0.4, 0.5) is 4.39 Å². The summed E-state index contributed by atoms with van der Waals surface area (Å²) in [6, 6.07) is 3.94. The van der Waals surface area contributed by atoms with Crippen molar-refractivity contribution in [2.45, 2.75) is 0 Å². The second kappa shape index (κ2) is 5.50. The highest BCUT2D eigenvalue weighted by molar-refractivity contribution is 6.30. The van der Waals surface area contributed by atoms with Crippen molar-refractivity contribution in [3.8, 4) is 12.3 Å². The number of hydrogen-bond donors (Lipinski definition) is 1. The van der Waals surface area contributed by atoms with Crippen molar-refractivity contribution in [1.29, 1.82) is 0 Å². The van der Waals surface area contributed by atoms with Gasteiger partial charge in [0.25, 0.3) is 0 Å². The first-order valence-corrected chi connectivity index (χ1v) is 4.65. The van der Waals surface area contributed by atoms with Crippen molar-refractivity contribution in [1.82, 2.24) is 5.32 Å². The first-order valence-electron chi connectivity index (χ1n) is 4.27. The van der Waals surface area contributed by atoms with Crippen LogP contribution in [0.5, 0.6) is 0 Å². The van der Waals surface area contributed by atoms with Gasteiger partial charge in [-0.3, -0.25) is 10.1 Å². The molecule has 0 saturated carbocycles. The number of hydrogen-bond acceptors (Lipinski definition) is 2.